The van der Waals surface area contributed by atoms with Gasteiger partial charge in [0.05, 0.1) is 17.8 Å². The molecule has 0 N–H and O–H groups in total. The van der Waals surface area contributed by atoms with Crippen molar-refractivity contribution in [2.45, 2.75) is 52.7 Å². The summed E-state index contributed by atoms with van der Waals surface area (Å²) in [6.07, 6.45) is 0. The van der Waals surface area contributed by atoms with E-state index in [0.29, 0.717) is 5.41 Å². The third-order valence-electron chi connectivity index (χ3n) is 3.98. The molecule has 23 heavy (non-hydrogen) atoms. The van der Waals surface area contributed by atoms with Gasteiger partial charge < -0.3 is 14.2 Å². The van der Waals surface area contributed by atoms with Gasteiger partial charge in [0.2, 0.25) is 0 Å². The van der Waals surface area contributed by atoms with Crippen molar-refractivity contribution in [3.63, 3.8) is 0 Å². The Balaban J connectivity index is 1.45. The van der Waals surface area contributed by atoms with Crippen LogP contribution in [0.2, 0.25) is 0 Å². The lowest BCUT2D eigenvalue weighted by molar-refractivity contribution is -0.320. The van der Waals surface area contributed by atoms with Crippen molar-refractivity contribution in [2.24, 2.45) is 5.41 Å². The maximum atomic E-state index is 5.77. The van der Waals surface area contributed by atoms with Crippen molar-refractivity contribution < 1.29 is 19.0 Å². The molecule has 2 aliphatic heterocycles. The number of nitrogens with zero attached hydrogens (tertiary/aromatic N) is 2. The summed E-state index contributed by atoms with van der Waals surface area (Å²) < 4.78 is 16.6. The first-order chi connectivity index (χ1) is 10.6. The minimum atomic E-state index is -0.174. The molecule has 0 radical (unpaired) electrons. The summed E-state index contributed by atoms with van der Waals surface area (Å²) in [6, 6.07) is 0. The summed E-state index contributed by atoms with van der Waals surface area (Å²) >= 11 is 0. The zero-order chi connectivity index (χ0) is 17.1. The van der Waals surface area contributed by atoms with Crippen LogP contribution < -0.4 is 0 Å². The zero-order valence-corrected chi connectivity index (χ0v) is 15.7. The molecule has 0 amide bonds. The van der Waals surface area contributed by atoms with Gasteiger partial charge in [0.1, 0.15) is 6.79 Å². The Morgan fingerprint density at radius 2 is 1.43 bits per heavy atom. The minimum Gasteiger partial charge on any atom is -0.375 e. The normalized spacial score (nSPS) is 22.2. The Morgan fingerprint density at radius 1 is 0.826 bits per heavy atom. The molecular formula is C17H34N2O4. The standard InChI is InChI=1S/C17H34N2O4/c1-15(2,3)21-8-7-18-9-17(10-18)11-19(12-17)23-14-20-13-22-16(4,5)6/h7-14H2,1-6H3. The second-order valence-corrected chi connectivity index (χ2v) is 8.80. The van der Waals surface area contributed by atoms with E-state index in [1.54, 1.807) is 0 Å². The van der Waals surface area contributed by atoms with Crippen LogP contribution in [0.15, 0.2) is 0 Å². The summed E-state index contributed by atoms with van der Waals surface area (Å²) in [5, 5.41) is 1.99. The first-order valence-corrected chi connectivity index (χ1v) is 8.53. The second kappa shape index (κ2) is 7.33. The van der Waals surface area contributed by atoms with Crippen LogP contribution in [0.4, 0.5) is 0 Å². The molecule has 0 bridgehead atoms. The molecule has 1 spiro atoms. The van der Waals surface area contributed by atoms with Crippen LogP contribution in [0.5, 0.6) is 0 Å². The summed E-state index contributed by atoms with van der Waals surface area (Å²) in [6.45, 7) is 18.9. The molecule has 0 saturated carbocycles. The summed E-state index contributed by atoms with van der Waals surface area (Å²) in [5.41, 5.74) is 0.219. The molecule has 0 atom stereocenters. The molecular weight excluding hydrogens is 296 g/mol. The summed E-state index contributed by atoms with van der Waals surface area (Å²) in [4.78, 5) is 8.03. The lowest BCUT2D eigenvalue weighted by atomic mass is 9.74. The number of rotatable bonds is 8. The van der Waals surface area contributed by atoms with Crippen molar-refractivity contribution in [3.05, 3.63) is 0 Å². The van der Waals surface area contributed by atoms with Gasteiger partial charge in [-0.05, 0) is 41.5 Å². The van der Waals surface area contributed by atoms with Gasteiger partial charge in [0.15, 0.2) is 6.79 Å². The number of hydrogen-bond donors (Lipinski definition) is 0. The zero-order valence-electron chi connectivity index (χ0n) is 15.7. The topological polar surface area (TPSA) is 43.4 Å². The van der Waals surface area contributed by atoms with E-state index in [0.717, 1.165) is 39.3 Å². The predicted molar refractivity (Wildman–Crippen MR) is 88.9 cm³/mol. The minimum absolute atomic E-state index is 0.0413. The average Bonchev–Trinajstić information content (AvgIpc) is 2.28. The van der Waals surface area contributed by atoms with E-state index in [1.165, 1.54) is 0 Å². The third-order valence-corrected chi connectivity index (χ3v) is 3.98. The lowest BCUT2D eigenvalue weighted by Gasteiger charge is -2.59. The van der Waals surface area contributed by atoms with Crippen molar-refractivity contribution in [3.8, 4) is 0 Å². The fourth-order valence-corrected chi connectivity index (χ4v) is 2.90. The Labute approximate surface area is 140 Å². The van der Waals surface area contributed by atoms with E-state index < -0.39 is 0 Å². The van der Waals surface area contributed by atoms with Gasteiger partial charge in [-0.1, -0.05) is 0 Å². The van der Waals surface area contributed by atoms with E-state index in [-0.39, 0.29) is 24.8 Å². The Kier molecular flexibility index (Phi) is 6.09. The Bertz CT molecular complexity index is 362. The van der Waals surface area contributed by atoms with Crippen LogP contribution in [0, 0.1) is 5.41 Å². The summed E-state index contributed by atoms with van der Waals surface area (Å²) in [7, 11) is 0. The van der Waals surface area contributed by atoms with E-state index in [9.17, 15) is 0 Å². The van der Waals surface area contributed by atoms with Gasteiger partial charge in [-0.3, -0.25) is 9.74 Å². The van der Waals surface area contributed by atoms with Crippen LogP contribution in [-0.2, 0) is 19.0 Å². The van der Waals surface area contributed by atoms with Crippen LogP contribution in [0.1, 0.15) is 41.5 Å². The molecule has 6 heteroatoms. The molecule has 2 aliphatic rings. The fraction of sp³-hybridized carbons (Fsp3) is 1.00. The van der Waals surface area contributed by atoms with Crippen molar-refractivity contribution in [1.29, 1.82) is 0 Å². The average molecular weight is 330 g/mol. The molecule has 6 nitrogen and oxygen atoms in total. The van der Waals surface area contributed by atoms with Gasteiger partial charge in [0.25, 0.3) is 0 Å². The first-order valence-electron chi connectivity index (χ1n) is 8.53. The van der Waals surface area contributed by atoms with Gasteiger partial charge in [-0.15, -0.1) is 0 Å². The SMILES string of the molecule is CC(C)(C)OCCN1CC2(C1)CN(OCOCOC(C)(C)C)C2. The Hall–Kier alpha value is -0.240. The lowest BCUT2D eigenvalue weighted by Crippen LogP contribution is -2.72. The monoisotopic (exact) mass is 330 g/mol. The molecule has 136 valence electrons. The molecule has 0 aromatic carbocycles. The molecule has 0 aliphatic carbocycles. The van der Waals surface area contributed by atoms with Crippen molar-refractivity contribution in [2.75, 3.05) is 52.9 Å². The highest BCUT2D eigenvalue weighted by Gasteiger charge is 2.52. The van der Waals surface area contributed by atoms with Crippen LogP contribution in [0.25, 0.3) is 0 Å². The highest BCUT2D eigenvalue weighted by atomic mass is 16.8. The number of hydroxylamine groups is 2. The molecule has 2 fully saturated rings. The van der Waals surface area contributed by atoms with E-state index in [2.05, 4.69) is 25.7 Å². The number of hydrogen-bond acceptors (Lipinski definition) is 6. The third kappa shape index (κ3) is 6.64. The molecule has 2 saturated heterocycles. The highest BCUT2D eigenvalue weighted by molar-refractivity contribution is 5.03. The van der Waals surface area contributed by atoms with E-state index in [4.69, 9.17) is 19.0 Å². The maximum absolute atomic E-state index is 5.77. The molecule has 2 heterocycles. The van der Waals surface area contributed by atoms with Crippen LogP contribution in [-0.4, -0.2) is 74.1 Å². The molecule has 0 unspecified atom stereocenters. The Morgan fingerprint density at radius 3 is 2.00 bits per heavy atom. The van der Waals surface area contributed by atoms with Gasteiger partial charge in [-0.25, -0.2) is 0 Å². The van der Waals surface area contributed by atoms with Crippen LogP contribution >= 0.6 is 0 Å². The quantitative estimate of drug-likeness (QED) is 0.502. The van der Waals surface area contributed by atoms with Crippen molar-refractivity contribution >= 4 is 0 Å². The number of ether oxygens (including phenoxy) is 3. The second-order valence-electron chi connectivity index (χ2n) is 8.80. The van der Waals surface area contributed by atoms with Crippen molar-refractivity contribution in [1.82, 2.24) is 9.96 Å². The first kappa shape index (κ1) is 19.1. The fourth-order valence-electron chi connectivity index (χ4n) is 2.90. The highest BCUT2D eigenvalue weighted by Crippen LogP contribution is 2.39. The largest absolute Gasteiger partial charge is 0.375 e. The van der Waals surface area contributed by atoms with Gasteiger partial charge >= 0.3 is 0 Å². The molecule has 0 aromatic heterocycles. The molecule has 2 rings (SSSR count). The molecule has 0 aromatic rings. The van der Waals surface area contributed by atoms with Gasteiger partial charge in [-0.2, -0.15) is 5.06 Å². The maximum Gasteiger partial charge on any atom is 0.169 e. The smallest absolute Gasteiger partial charge is 0.169 e. The van der Waals surface area contributed by atoms with E-state index in [1.807, 2.05) is 25.8 Å². The predicted octanol–water partition coefficient (Wildman–Crippen LogP) is 2.10. The van der Waals surface area contributed by atoms with Gasteiger partial charge in [0, 0.05) is 38.1 Å². The number of likely N-dealkylation sites (tertiary alicyclic amines) is 1. The van der Waals surface area contributed by atoms with E-state index >= 15 is 0 Å². The van der Waals surface area contributed by atoms with Crippen LogP contribution in [0.3, 0.4) is 0 Å². The summed E-state index contributed by atoms with van der Waals surface area (Å²) in [5.74, 6) is 0.